The maximum absolute atomic E-state index is 11.2. The first-order chi connectivity index (χ1) is 5.70. The fourth-order valence-electron chi connectivity index (χ4n) is 1.33. The first kappa shape index (κ1) is 9.23. The van der Waals surface area contributed by atoms with Gasteiger partial charge >= 0.3 is 5.97 Å². The molecule has 0 spiro atoms. The van der Waals surface area contributed by atoms with Crippen LogP contribution in [0.25, 0.3) is 0 Å². The summed E-state index contributed by atoms with van der Waals surface area (Å²) in [5, 5.41) is 0. The molecular formula is C9H15NO2. The zero-order chi connectivity index (χ0) is 9.14. The summed E-state index contributed by atoms with van der Waals surface area (Å²) in [5.74, 6) is 0.383. The molecule has 68 valence electrons. The molecule has 0 heterocycles. The highest BCUT2D eigenvalue weighted by Crippen LogP contribution is 2.40. The van der Waals surface area contributed by atoms with Gasteiger partial charge in [-0.15, -0.1) is 0 Å². The monoisotopic (exact) mass is 169 g/mol. The van der Waals surface area contributed by atoms with E-state index in [0.29, 0.717) is 12.5 Å². The van der Waals surface area contributed by atoms with Crippen LogP contribution in [0, 0.1) is 11.8 Å². The van der Waals surface area contributed by atoms with Crippen LogP contribution in [0.3, 0.4) is 0 Å². The van der Waals surface area contributed by atoms with Gasteiger partial charge in [-0.05, 0) is 20.3 Å². The van der Waals surface area contributed by atoms with Crippen LogP contribution in [-0.4, -0.2) is 25.3 Å². The number of carbonyl (C=O) groups is 1. The predicted molar refractivity (Wildman–Crippen MR) is 47.3 cm³/mol. The molecule has 0 amide bonds. The van der Waals surface area contributed by atoms with Gasteiger partial charge in [0.25, 0.3) is 0 Å². The standard InChI is InChI=1S/C9H15NO2/c1-4-12-9(11)8-5-7(8)6(2)10-3/h7-8H,4-5H2,1-3H3. The maximum Gasteiger partial charge on any atom is 0.309 e. The van der Waals surface area contributed by atoms with Crippen molar-refractivity contribution >= 4 is 11.7 Å². The molecule has 0 aliphatic heterocycles. The Morgan fingerprint density at radius 1 is 1.58 bits per heavy atom. The van der Waals surface area contributed by atoms with Crippen molar-refractivity contribution < 1.29 is 9.53 Å². The van der Waals surface area contributed by atoms with Gasteiger partial charge in [0.1, 0.15) is 0 Å². The van der Waals surface area contributed by atoms with E-state index in [9.17, 15) is 4.79 Å². The third-order valence-corrected chi connectivity index (χ3v) is 2.27. The van der Waals surface area contributed by atoms with Crippen molar-refractivity contribution in [3.05, 3.63) is 0 Å². The third-order valence-electron chi connectivity index (χ3n) is 2.27. The number of ether oxygens (including phenoxy) is 1. The fourth-order valence-corrected chi connectivity index (χ4v) is 1.33. The molecule has 12 heavy (non-hydrogen) atoms. The lowest BCUT2D eigenvalue weighted by atomic mass is 10.2. The van der Waals surface area contributed by atoms with Gasteiger partial charge in [0.05, 0.1) is 12.5 Å². The molecule has 1 rings (SSSR count). The van der Waals surface area contributed by atoms with E-state index in [4.69, 9.17) is 4.74 Å². The summed E-state index contributed by atoms with van der Waals surface area (Å²) in [5.41, 5.74) is 1.06. The number of esters is 1. The summed E-state index contributed by atoms with van der Waals surface area (Å²) in [7, 11) is 1.76. The SMILES string of the molecule is CCOC(=O)C1CC1C(C)=NC. The van der Waals surface area contributed by atoms with Crippen LogP contribution < -0.4 is 0 Å². The van der Waals surface area contributed by atoms with E-state index in [-0.39, 0.29) is 11.9 Å². The lowest BCUT2D eigenvalue weighted by molar-refractivity contribution is -0.144. The van der Waals surface area contributed by atoms with Crippen molar-refractivity contribution in [3.63, 3.8) is 0 Å². The molecule has 3 heteroatoms. The summed E-state index contributed by atoms with van der Waals surface area (Å²) in [4.78, 5) is 15.2. The van der Waals surface area contributed by atoms with E-state index in [2.05, 4.69) is 4.99 Å². The lowest BCUT2D eigenvalue weighted by Gasteiger charge is -1.99. The topological polar surface area (TPSA) is 38.7 Å². The minimum Gasteiger partial charge on any atom is -0.466 e. The Labute approximate surface area is 72.8 Å². The minimum atomic E-state index is -0.0644. The molecule has 0 aromatic carbocycles. The molecule has 0 aromatic heterocycles. The molecule has 0 bridgehead atoms. The number of rotatable bonds is 3. The molecule has 0 N–H and O–H groups in total. The molecule has 0 saturated heterocycles. The van der Waals surface area contributed by atoms with Crippen molar-refractivity contribution in [2.75, 3.05) is 13.7 Å². The van der Waals surface area contributed by atoms with Gasteiger partial charge in [-0.2, -0.15) is 0 Å². The van der Waals surface area contributed by atoms with E-state index < -0.39 is 0 Å². The normalized spacial score (nSPS) is 28.4. The minimum absolute atomic E-state index is 0.0644. The number of aliphatic imine (C=N–C) groups is 1. The average molecular weight is 169 g/mol. The number of nitrogens with zero attached hydrogens (tertiary/aromatic N) is 1. The van der Waals surface area contributed by atoms with Gasteiger partial charge in [0, 0.05) is 18.7 Å². The Bertz CT molecular complexity index is 211. The summed E-state index contributed by atoms with van der Waals surface area (Å²) in [6.45, 7) is 4.27. The number of hydrogen-bond acceptors (Lipinski definition) is 3. The second-order valence-electron chi connectivity index (χ2n) is 3.07. The first-order valence-electron chi connectivity index (χ1n) is 4.30. The van der Waals surface area contributed by atoms with Gasteiger partial charge in [-0.3, -0.25) is 9.79 Å². The van der Waals surface area contributed by atoms with E-state index in [1.165, 1.54) is 0 Å². The van der Waals surface area contributed by atoms with Crippen LogP contribution in [0.15, 0.2) is 4.99 Å². The summed E-state index contributed by atoms with van der Waals surface area (Å²) in [6.07, 6.45) is 0.919. The second-order valence-corrected chi connectivity index (χ2v) is 3.07. The zero-order valence-electron chi connectivity index (χ0n) is 7.83. The average Bonchev–Trinajstić information content (AvgIpc) is 2.82. The number of hydrogen-bond donors (Lipinski definition) is 0. The third kappa shape index (κ3) is 1.84. The van der Waals surface area contributed by atoms with E-state index in [1.807, 2.05) is 13.8 Å². The van der Waals surface area contributed by atoms with E-state index in [1.54, 1.807) is 7.05 Å². The van der Waals surface area contributed by atoms with E-state index in [0.717, 1.165) is 12.1 Å². The van der Waals surface area contributed by atoms with Crippen molar-refractivity contribution in [1.29, 1.82) is 0 Å². The van der Waals surface area contributed by atoms with Crippen LogP contribution in [0.4, 0.5) is 0 Å². The quantitative estimate of drug-likeness (QED) is 0.471. The molecular weight excluding hydrogens is 154 g/mol. The van der Waals surface area contributed by atoms with Crippen LogP contribution in [0.1, 0.15) is 20.3 Å². The molecule has 0 aromatic rings. The first-order valence-corrected chi connectivity index (χ1v) is 4.30. The highest BCUT2D eigenvalue weighted by atomic mass is 16.5. The summed E-state index contributed by atoms with van der Waals surface area (Å²) in [6, 6.07) is 0. The van der Waals surface area contributed by atoms with Gasteiger partial charge in [-0.25, -0.2) is 0 Å². The van der Waals surface area contributed by atoms with Gasteiger partial charge in [0.15, 0.2) is 0 Å². The van der Waals surface area contributed by atoms with Crippen molar-refractivity contribution in [2.45, 2.75) is 20.3 Å². The van der Waals surface area contributed by atoms with Crippen LogP contribution >= 0.6 is 0 Å². The number of carbonyl (C=O) groups excluding carboxylic acids is 1. The van der Waals surface area contributed by atoms with Crippen molar-refractivity contribution in [2.24, 2.45) is 16.8 Å². The van der Waals surface area contributed by atoms with Gasteiger partial charge < -0.3 is 4.74 Å². The smallest absolute Gasteiger partial charge is 0.309 e. The van der Waals surface area contributed by atoms with Crippen LogP contribution in [0.2, 0.25) is 0 Å². The Kier molecular flexibility index (Phi) is 2.84. The molecule has 3 nitrogen and oxygen atoms in total. The predicted octanol–water partition coefficient (Wildman–Crippen LogP) is 1.28. The lowest BCUT2D eigenvalue weighted by Crippen LogP contribution is -2.10. The van der Waals surface area contributed by atoms with Crippen molar-refractivity contribution in [1.82, 2.24) is 0 Å². The highest BCUT2D eigenvalue weighted by Gasteiger charge is 2.45. The molecule has 0 radical (unpaired) electrons. The largest absolute Gasteiger partial charge is 0.466 e. The molecule has 1 aliphatic rings. The Morgan fingerprint density at radius 2 is 2.25 bits per heavy atom. The maximum atomic E-state index is 11.2. The Hall–Kier alpha value is -0.860. The Morgan fingerprint density at radius 3 is 2.75 bits per heavy atom. The van der Waals surface area contributed by atoms with Crippen molar-refractivity contribution in [3.8, 4) is 0 Å². The van der Waals surface area contributed by atoms with Gasteiger partial charge in [0.2, 0.25) is 0 Å². The molecule has 2 unspecified atom stereocenters. The zero-order valence-corrected chi connectivity index (χ0v) is 7.83. The molecule has 1 aliphatic carbocycles. The Balaban J connectivity index is 2.37. The highest BCUT2D eigenvalue weighted by molar-refractivity contribution is 5.93. The van der Waals surface area contributed by atoms with E-state index >= 15 is 0 Å². The fraction of sp³-hybridized carbons (Fsp3) is 0.778. The van der Waals surface area contributed by atoms with Crippen LogP contribution in [0.5, 0.6) is 0 Å². The van der Waals surface area contributed by atoms with Gasteiger partial charge in [-0.1, -0.05) is 0 Å². The molecule has 1 fully saturated rings. The second kappa shape index (κ2) is 3.70. The molecule has 2 atom stereocenters. The summed E-state index contributed by atoms with van der Waals surface area (Å²) < 4.78 is 4.90. The molecule has 1 saturated carbocycles. The summed E-state index contributed by atoms with van der Waals surface area (Å²) >= 11 is 0. The van der Waals surface area contributed by atoms with Crippen LogP contribution in [-0.2, 0) is 9.53 Å².